The van der Waals surface area contributed by atoms with Gasteiger partial charge in [0.05, 0.1) is 36.5 Å². The first-order valence-electron chi connectivity index (χ1n) is 4.98. The number of nitrogens with zero attached hydrogens (tertiary/aromatic N) is 3. The standard InChI is InChI=1S/C10H10ClN3O2/c1-13-8-3-12-9(11)2-7(8)14(10(13)15)6-4-16-5-6/h2-3,6H,4-5H2,1H3. The molecular formula is C10H10ClN3O2. The summed E-state index contributed by atoms with van der Waals surface area (Å²) in [5, 5.41) is 0.395. The summed E-state index contributed by atoms with van der Waals surface area (Å²) < 4.78 is 8.42. The Balaban J connectivity index is 2.36. The van der Waals surface area contributed by atoms with E-state index in [1.807, 2.05) is 0 Å². The molecule has 6 heteroatoms. The number of ether oxygens (including phenoxy) is 1. The fraction of sp³-hybridized carbons (Fsp3) is 0.400. The van der Waals surface area contributed by atoms with Crippen LogP contribution in [0.4, 0.5) is 0 Å². The molecule has 0 saturated carbocycles. The van der Waals surface area contributed by atoms with Gasteiger partial charge in [-0.3, -0.25) is 9.13 Å². The van der Waals surface area contributed by atoms with Gasteiger partial charge in [-0.1, -0.05) is 11.6 Å². The molecule has 2 aromatic rings. The second-order valence-corrected chi connectivity index (χ2v) is 4.29. The van der Waals surface area contributed by atoms with Crippen molar-refractivity contribution >= 4 is 22.6 Å². The zero-order valence-corrected chi connectivity index (χ0v) is 9.44. The summed E-state index contributed by atoms with van der Waals surface area (Å²) in [6.45, 7) is 1.16. The Labute approximate surface area is 96.2 Å². The third-order valence-electron chi connectivity index (χ3n) is 2.93. The van der Waals surface area contributed by atoms with Gasteiger partial charge in [0, 0.05) is 13.1 Å². The van der Waals surface area contributed by atoms with Gasteiger partial charge in [0.2, 0.25) is 0 Å². The molecule has 1 aliphatic heterocycles. The van der Waals surface area contributed by atoms with E-state index in [4.69, 9.17) is 16.3 Å². The first kappa shape index (κ1) is 9.86. The van der Waals surface area contributed by atoms with E-state index in [1.165, 1.54) is 0 Å². The van der Waals surface area contributed by atoms with Crippen molar-refractivity contribution in [3.8, 4) is 0 Å². The summed E-state index contributed by atoms with van der Waals surface area (Å²) >= 11 is 5.85. The molecule has 0 atom stereocenters. The van der Waals surface area contributed by atoms with Crippen LogP contribution in [0.25, 0.3) is 11.0 Å². The van der Waals surface area contributed by atoms with E-state index in [0.717, 1.165) is 11.0 Å². The molecular weight excluding hydrogens is 230 g/mol. The van der Waals surface area contributed by atoms with Crippen LogP contribution in [-0.4, -0.2) is 27.3 Å². The van der Waals surface area contributed by atoms with Crippen LogP contribution < -0.4 is 5.69 Å². The molecule has 0 spiro atoms. The average Bonchev–Trinajstić information content (AvgIpc) is 2.41. The zero-order valence-electron chi connectivity index (χ0n) is 8.68. The van der Waals surface area contributed by atoms with Crippen molar-refractivity contribution in [3.63, 3.8) is 0 Å². The van der Waals surface area contributed by atoms with Crippen molar-refractivity contribution in [1.29, 1.82) is 0 Å². The summed E-state index contributed by atoms with van der Waals surface area (Å²) in [5.74, 6) is 0. The fourth-order valence-corrected chi connectivity index (χ4v) is 2.11. The first-order valence-corrected chi connectivity index (χ1v) is 5.36. The molecule has 84 valence electrons. The Kier molecular flexibility index (Phi) is 2.05. The van der Waals surface area contributed by atoms with Crippen LogP contribution in [0.15, 0.2) is 17.1 Å². The summed E-state index contributed by atoms with van der Waals surface area (Å²) in [7, 11) is 1.73. The van der Waals surface area contributed by atoms with Crippen LogP contribution >= 0.6 is 11.6 Å². The van der Waals surface area contributed by atoms with Gasteiger partial charge in [0.1, 0.15) is 5.15 Å². The van der Waals surface area contributed by atoms with E-state index < -0.39 is 0 Å². The lowest BCUT2D eigenvalue weighted by atomic mass is 10.2. The van der Waals surface area contributed by atoms with Gasteiger partial charge in [0.25, 0.3) is 0 Å². The molecule has 5 nitrogen and oxygen atoms in total. The molecule has 3 heterocycles. The molecule has 0 aromatic carbocycles. The van der Waals surface area contributed by atoms with Gasteiger partial charge >= 0.3 is 5.69 Å². The van der Waals surface area contributed by atoms with Crippen molar-refractivity contribution in [3.05, 3.63) is 27.9 Å². The van der Waals surface area contributed by atoms with E-state index in [-0.39, 0.29) is 11.7 Å². The molecule has 0 bridgehead atoms. The second kappa shape index (κ2) is 3.33. The van der Waals surface area contributed by atoms with Gasteiger partial charge in [-0.15, -0.1) is 0 Å². The van der Waals surface area contributed by atoms with E-state index in [0.29, 0.717) is 18.4 Å². The van der Waals surface area contributed by atoms with E-state index in [2.05, 4.69) is 4.98 Å². The van der Waals surface area contributed by atoms with E-state index in [1.54, 1.807) is 28.4 Å². The minimum atomic E-state index is -0.0487. The van der Waals surface area contributed by atoms with Crippen molar-refractivity contribution in [2.75, 3.05) is 13.2 Å². The highest BCUT2D eigenvalue weighted by Gasteiger charge is 2.25. The van der Waals surface area contributed by atoms with Gasteiger partial charge in [-0.05, 0) is 0 Å². The number of pyridine rings is 1. The predicted octanol–water partition coefficient (Wildman–Crippen LogP) is 0.960. The number of aromatic nitrogens is 3. The van der Waals surface area contributed by atoms with Crippen LogP contribution in [0.5, 0.6) is 0 Å². The summed E-state index contributed by atoms with van der Waals surface area (Å²) in [6.07, 6.45) is 1.62. The highest BCUT2D eigenvalue weighted by molar-refractivity contribution is 6.29. The molecule has 0 amide bonds. The van der Waals surface area contributed by atoms with Crippen molar-refractivity contribution < 1.29 is 4.74 Å². The predicted molar refractivity (Wildman–Crippen MR) is 59.8 cm³/mol. The third kappa shape index (κ3) is 1.22. The van der Waals surface area contributed by atoms with Crippen molar-refractivity contribution in [2.24, 2.45) is 7.05 Å². The maximum absolute atomic E-state index is 12.0. The number of imidazole rings is 1. The molecule has 0 N–H and O–H groups in total. The number of hydrogen-bond donors (Lipinski definition) is 0. The number of fused-ring (bicyclic) bond motifs is 1. The summed E-state index contributed by atoms with van der Waals surface area (Å²) in [4.78, 5) is 16.0. The first-order chi connectivity index (χ1) is 7.68. The monoisotopic (exact) mass is 239 g/mol. The largest absolute Gasteiger partial charge is 0.377 e. The van der Waals surface area contributed by atoms with Gasteiger partial charge in [-0.2, -0.15) is 0 Å². The molecule has 16 heavy (non-hydrogen) atoms. The van der Waals surface area contributed by atoms with Crippen LogP contribution in [0.3, 0.4) is 0 Å². The van der Waals surface area contributed by atoms with Gasteiger partial charge < -0.3 is 4.74 Å². The lowest BCUT2D eigenvalue weighted by Crippen LogP contribution is -2.37. The molecule has 0 unspecified atom stereocenters. The minimum absolute atomic E-state index is 0.0487. The van der Waals surface area contributed by atoms with Crippen LogP contribution in [-0.2, 0) is 11.8 Å². The molecule has 0 radical (unpaired) electrons. The highest BCUT2D eigenvalue weighted by Crippen LogP contribution is 2.22. The maximum Gasteiger partial charge on any atom is 0.329 e. The highest BCUT2D eigenvalue weighted by atomic mass is 35.5. The Hall–Kier alpha value is -1.33. The third-order valence-corrected chi connectivity index (χ3v) is 3.13. The molecule has 1 saturated heterocycles. The number of halogens is 1. The summed E-state index contributed by atoms with van der Waals surface area (Å²) in [5.41, 5.74) is 1.56. The van der Waals surface area contributed by atoms with Crippen LogP contribution in [0.1, 0.15) is 6.04 Å². The Morgan fingerprint density at radius 3 is 2.88 bits per heavy atom. The second-order valence-electron chi connectivity index (χ2n) is 3.90. The fourth-order valence-electron chi connectivity index (χ4n) is 1.96. The number of aryl methyl sites for hydroxylation is 1. The smallest absolute Gasteiger partial charge is 0.329 e. The Bertz CT molecular complexity index is 612. The topological polar surface area (TPSA) is 49.0 Å². The average molecular weight is 240 g/mol. The van der Waals surface area contributed by atoms with Crippen molar-refractivity contribution in [2.45, 2.75) is 6.04 Å². The van der Waals surface area contributed by atoms with E-state index >= 15 is 0 Å². The quantitative estimate of drug-likeness (QED) is 0.697. The lowest BCUT2D eigenvalue weighted by molar-refractivity contribution is -0.0231. The molecule has 3 rings (SSSR count). The maximum atomic E-state index is 12.0. The Morgan fingerprint density at radius 2 is 2.25 bits per heavy atom. The minimum Gasteiger partial charge on any atom is -0.377 e. The van der Waals surface area contributed by atoms with Crippen LogP contribution in [0.2, 0.25) is 5.15 Å². The number of hydrogen-bond acceptors (Lipinski definition) is 3. The van der Waals surface area contributed by atoms with Crippen LogP contribution in [0, 0.1) is 0 Å². The molecule has 2 aromatic heterocycles. The summed E-state index contributed by atoms with van der Waals surface area (Å²) in [6, 6.07) is 1.84. The molecule has 0 aliphatic carbocycles. The lowest BCUT2D eigenvalue weighted by Gasteiger charge is -2.26. The molecule has 1 aliphatic rings. The van der Waals surface area contributed by atoms with Gasteiger partial charge in [-0.25, -0.2) is 9.78 Å². The van der Waals surface area contributed by atoms with Gasteiger partial charge in [0.15, 0.2) is 0 Å². The zero-order chi connectivity index (χ0) is 11.3. The Morgan fingerprint density at radius 1 is 1.50 bits per heavy atom. The van der Waals surface area contributed by atoms with E-state index in [9.17, 15) is 4.79 Å². The number of rotatable bonds is 1. The SMILES string of the molecule is Cn1c(=O)n(C2COC2)c2cc(Cl)ncc21. The van der Waals surface area contributed by atoms with Crippen molar-refractivity contribution in [1.82, 2.24) is 14.1 Å². The molecule has 1 fully saturated rings. The normalized spacial score (nSPS) is 16.6.